The first-order valence-electron chi connectivity index (χ1n) is 9.69. The fourth-order valence-electron chi connectivity index (χ4n) is 4.91. The van der Waals surface area contributed by atoms with Crippen LogP contribution >= 0.6 is 0 Å². The molecule has 1 aliphatic heterocycles. The second-order valence-electron chi connectivity index (χ2n) is 7.80. The van der Waals surface area contributed by atoms with Crippen molar-refractivity contribution < 1.29 is 4.74 Å². The molecule has 0 saturated carbocycles. The van der Waals surface area contributed by atoms with Crippen LogP contribution in [0.4, 0.5) is 0 Å². The Morgan fingerprint density at radius 2 is 1.87 bits per heavy atom. The van der Waals surface area contributed by atoms with E-state index in [1.54, 1.807) is 7.11 Å². The Bertz CT molecular complexity index is 1210. The Kier molecular flexibility index (Phi) is 4.70. The standard InChI is InChI=1S/C24H21N5O/c1-29-10-9-17-18(11-25)23(28)24(13-26,14-27)22(19(17)12-29)21-16-6-4-3-5-15(16)7-8-20(21)30-2/h3-9,19,22H,10,12,28H2,1-2H3/t19-,22-/m1/s1. The largest absolute Gasteiger partial charge is 0.496 e. The summed E-state index contributed by atoms with van der Waals surface area (Å²) in [6, 6.07) is 18.2. The first-order valence-corrected chi connectivity index (χ1v) is 9.69. The molecule has 1 heterocycles. The van der Waals surface area contributed by atoms with Gasteiger partial charge >= 0.3 is 0 Å². The van der Waals surface area contributed by atoms with Gasteiger partial charge in [-0.3, -0.25) is 0 Å². The number of hydrogen-bond donors (Lipinski definition) is 1. The van der Waals surface area contributed by atoms with Gasteiger partial charge in [-0.05, 0) is 29.5 Å². The number of hydrogen-bond acceptors (Lipinski definition) is 6. The molecule has 2 N–H and O–H groups in total. The van der Waals surface area contributed by atoms with Crippen molar-refractivity contribution in [3.05, 3.63) is 64.9 Å². The number of methoxy groups -OCH3 is 1. The SMILES string of the molecule is COc1ccc2ccccc2c1[C@H]1[C@@H]2CN(C)CC=C2C(C#N)=C(N)C1(C#N)C#N. The van der Waals surface area contributed by atoms with Gasteiger partial charge in [0, 0.05) is 30.5 Å². The molecule has 6 heteroatoms. The van der Waals surface area contributed by atoms with Crippen molar-refractivity contribution in [2.24, 2.45) is 17.1 Å². The number of nitrogens with zero attached hydrogens (tertiary/aromatic N) is 4. The molecule has 6 nitrogen and oxygen atoms in total. The van der Waals surface area contributed by atoms with Crippen molar-refractivity contribution in [3.8, 4) is 24.0 Å². The van der Waals surface area contributed by atoms with E-state index in [1.807, 2.05) is 49.5 Å². The summed E-state index contributed by atoms with van der Waals surface area (Å²) in [5.41, 5.74) is 6.62. The average Bonchev–Trinajstić information content (AvgIpc) is 2.78. The zero-order valence-corrected chi connectivity index (χ0v) is 16.9. The number of nitrogens with two attached hydrogens (primary N) is 1. The number of nitriles is 3. The summed E-state index contributed by atoms with van der Waals surface area (Å²) in [6.45, 7) is 1.28. The predicted molar refractivity (Wildman–Crippen MR) is 113 cm³/mol. The Labute approximate surface area is 175 Å². The van der Waals surface area contributed by atoms with Gasteiger partial charge in [0.05, 0.1) is 30.5 Å². The summed E-state index contributed by atoms with van der Waals surface area (Å²) in [7, 11) is 3.57. The third-order valence-electron chi connectivity index (χ3n) is 6.31. The van der Waals surface area contributed by atoms with E-state index in [2.05, 4.69) is 23.1 Å². The first-order chi connectivity index (χ1) is 14.5. The first kappa shape index (κ1) is 19.5. The van der Waals surface area contributed by atoms with Crippen molar-refractivity contribution in [2.45, 2.75) is 5.92 Å². The van der Waals surface area contributed by atoms with Crippen LogP contribution in [0, 0.1) is 45.3 Å². The van der Waals surface area contributed by atoms with E-state index in [0.29, 0.717) is 18.8 Å². The summed E-state index contributed by atoms with van der Waals surface area (Å²) in [6.07, 6.45) is 1.99. The number of rotatable bonds is 2. The molecule has 0 amide bonds. The highest BCUT2D eigenvalue weighted by Crippen LogP contribution is 2.56. The van der Waals surface area contributed by atoms with E-state index in [1.165, 1.54) is 0 Å². The minimum atomic E-state index is -1.68. The van der Waals surface area contributed by atoms with E-state index >= 15 is 0 Å². The fraction of sp³-hybridized carbons (Fsp3) is 0.292. The number of likely N-dealkylation sites (N-methyl/N-ethyl adjacent to an activating group) is 1. The van der Waals surface area contributed by atoms with Gasteiger partial charge in [0.15, 0.2) is 5.41 Å². The lowest BCUT2D eigenvalue weighted by atomic mass is 9.57. The normalized spacial score (nSPS) is 23.0. The number of benzene rings is 2. The van der Waals surface area contributed by atoms with Gasteiger partial charge in [0.1, 0.15) is 11.8 Å². The minimum Gasteiger partial charge on any atom is -0.496 e. The third-order valence-corrected chi connectivity index (χ3v) is 6.31. The average molecular weight is 395 g/mol. The lowest BCUT2D eigenvalue weighted by Gasteiger charge is -2.45. The van der Waals surface area contributed by atoms with Gasteiger partial charge in [0.2, 0.25) is 0 Å². The van der Waals surface area contributed by atoms with Crippen LogP contribution in [0.1, 0.15) is 11.5 Å². The van der Waals surface area contributed by atoms with Gasteiger partial charge in [-0.15, -0.1) is 0 Å². The monoisotopic (exact) mass is 395 g/mol. The molecule has 0 saturated heterocycles. The zero-order valence-electron chi connectivity index (χ0n) is 16.9. The molecule has 0 fully saturated rings. The van der Waals surface area contributed by atoms with Gasteiger partial charge in [-0.2, -0.15) is 15.8 Å². The lowest BCUT2D eigenvalue weighted by Crippen LogP contribution is -2.47. The Morgan fingerprint density at radius 1 is 1.13 bits per heavy atom. The molecular weight excluding hydrogens is 374 g/mol. The summed E-state index contributed by atoms with van der Waals surface area (Å²) in [4.78, 5) is 2.12. The summed E-state index contributed by atoms with van der Waals surface area (Å²) < 4.78 is 5.71. The Hall–Kier alpha value is -3.79. The van der Waals surface area contributed by atoms with Crippen LogP contribution in [-0.2, 0) is 0 Å². The van der Waals surface area contributed by atoms with Crippen LogP contribution in [0.15, 0.2) is 59.3 Å². The van der Waals surface area contributed by atoms with E-state index in [4.69, 9.17) is 10.5 Å². The Balaban J connectivity index is 2.15. The van der Waals surface area contributed by atoms with Crippen molar-refractivity contribution in [3.63, 3.8) is 0 Å². The molecule has 0 aromatic heterocycles. The van der Waals surface area contributed by atoms with Crippen molar-refractivity contribution in [2.75, 3.05) is 27.2 Å². The molecule has 30 heavy (non-hydrogen) atoms. The van der Waals surface area contributed by atoms with Crippen molar-refractivity contribution in [1.82, 2.24) is 4.90 Å². The number of allylic oxidation sites excluding steroid dienone is 2. The Morgan fingerprint density at radius 3 is 2.53 bits per heavy atom. The second kappa shape index (κ2) is 7.23. The maximum Gasteiger partial charge on any atom is 0.191 e. The van der Waals surface area contributed by atoms with E-state index in [9.17, 15) is 15.8 Å². The molecule has 2 aliphatic rings. The maximum atomic E-state index is 10.3. The van der Waals surface area contributed by atoms with Crippen LogP contribution in [0.25, 0.3) is 10.8 Å². The molecule has 4 rings (SSSR count). The van der Waals surface area contributed by atoms with Gasteiger partial charge in [-0.1, -0.05) is 36.4 Å². The van der Waals surface area contributed by atoms with Crippen molar-refractivity contribution in [1.29, 1.82) is 15.8 Å². The highest BCUT2D eigenvalue weighted by atomic mass is 16.5. The molecule has 0 unspecified atom stereocenters. The molecule has 0 bridgehead atoms. The molecule has 2 aromatic carbocycles. The van der Waals surface area contributed by atoms with Crippen LogP contribution in [0.5, 0.6) is 5.75 Å². The summed E-state index contributed by atoms with van der Waals surface area (Å²) in [5.74, 6) is -0.223. The quantitative estimate of drug-likeness (QED) is 0.836. The second-order valence-corrected chi connectivity index (χ2v) is 7.80. The highest BCUT2D eigenvalue weighted by Gasteiger charge is 2.55. The highest BCUT2D eigenvalue weighted by molar-refractivity contribution is 5.89. The fourth-order valence-corrected chi connectivity index (χ4v) is 4.91. The molecule has 0 spiro atoms. The van der Waals surface area contributed by atoms with Crippen LogP contribution in [0.2, 0.25) is 0 Å². The number of fused-ring (bicyclic) bond motifs is 2. The van der Waals surface area contributed by atoms with E-state index in [-0.39, 0.29) is 17.2 Å². The molecule has 0 radical (unpaired) electrons. The van der Waals surface area contributed by atoms with E-state index < -0.39 is 11.3 Å². The molecule has 148 valence electrons. The van der Waals surface area contributed by atoms with Crippen LogP contribution < -0.4 is 10.5 Å². The summed E-state index contributed by atoms with van der Waals surface area (Å²) >= 11 is 0. The third kappa shape index (κ3) is 2.57. The topological polar surface area (TPSA) is 110 Å². The smallest absolute Gasteiger partial charge is 0.191 e. The van der Waals surface area contributed by atoms with Crippen LogP contribution in [0.3, 0.4) is 0 Å². The van der Waals surface area contributed by atoms with Crippen LogP contribution in [-0.4, -0.2) is 32.1 Å². The van der Waals surface area contributed by atoms with Gasteiger partial charge in [-0.25, -0.2) is 0 Å². The van der Waals surface area contributed by atoms with Crippen molar-refractivity contribution >= 4 is 10.8 Å². The summed E-state index contributed by atoms with van der Waals surface area (Å²) in [5, 5.41) is 32.3. The van der Waals surface area contributed by atoms with E-state index in [0.717, 1.165) is 21.9 Å². The zero-order chi connectivity index (χ0) is 21.5. The minimum absolute atomic E-state index is 0.0297. The molecular formula is C24H21N5O. The van der Waals surface area contributed by atoms with Gasteiger partial charge in [0.25, 0.3) is 0 Å². The molecule has 2 aromatic rings. The molecule has 2 atom stereocenters. The molecule has 1 aliphatic carbocycles. The lowest BCUT2D eigenvalue weighted by molar-refractivity contribution is 0.235. The number of ether oxygens (including phenoxy) is 1. The maximum absolute atomic E-state index is 10.3. The predicted octanol–water partition coefficient (Wildman–Crippen LogP) is 3.20. The van der Waals surface area contributed by atoms with Gasteiger partial charge < -0.3 is 15.4 Å².